The zero-order valence-electron chi connectivity index (χ0n) is 7.67. The summed E-state index contributed by atoms with van der Waals surface area (Å²) in [6.45, 7) is 3.07. The summed E-state index contributed by atoms with van der Waals surface area (Å²) in [6, 6.07) is 0. The van der Waals surface area contributed by atoms with Crippen LogP contribution in [0.4, 0.5) is 0 Å². The third kappa shape index (κ3) is 2.16. The third-order valence-electron chi connectivity index (χ3n) is 1.71. The number of nitrogens with one attached hydrogen (secondary N) is 1. The molecule has 0 saturated carbocycles. The van der Waals surface area contributed by atoms with Gasteiger partial charge in [0.1, 0.15) is 4.60 Å². The molecule has 72 valence electrons. The van der Waals surface area contributed by atoms with E-state index in [9.17, 15) is 4.79 Å². The Bertz CT molecular complexity index is 308. The van der Waals surface area contributed by atoms with Crippen LogP contribution in [0.15, 0.2) is 10.8 Å². The molecule has 13 heavy (non-hydrogen) atoms. The smallest absolute Gasteiger partial charge is 0.180 e. The third-order valence-corrected chi connectivity index (χ3v) is 2.55. The van der Waals surface area contributed by atoms with Crippen LogP contribution < -0.4 is 5.32 Å². The molecular formula is C8H12BrN3O. The van der Waals surface area contributed by atoms with Gasteiger partial charge in [-0.15, -0.1) is 0 Å². The Kier molecular flexibility index (Phi) is 3.62. The summed E-state index contributed by atoms with van der Waals surface area (Å²) in [5.74, 6) is 0.0501. The summed E-state index contributed by atoms with van der Waals surface area (Å²) >= 11 is 3.33. The highest BCUT2D eigenvalue weighted by Gasteiger charge is 2.13. The number of rotatable bonds is 4. The number of hydrogen-bond donors (Lipinski definition) is 1. The van der Waals surface area contributed by atoms with E-state index in [-0.39, 0.29) is 5.78 Å². The van der Waals surface area contributed by atoms with Crippen molar-refractivity contribution in [3.05, 3.63) is 16.4 Å². The molecule has 0 fully saturated rings. The molecule has 0 aromatic carbocycles. The number of hydrogen-bond acceptors (Lipinski definition) is 3. The van der Waals surface area contributed by atoms with Gasteiger partial charge in [-0.3, -0.25) is 9.48 Å². The van der Waals surface area contributed by atoms with E-state index in [4.69, 9.17) is 0 Å². The first-order valence-electron chi connectivity index (χ1n) is 4.09. The zero-order chi connectivity index (χ0) is 9.84. The fraction of sp³-hybridized carbons (Fsp3) is 0.500. The maximum Gasteiger partial charge on any atom is 0.180 e. The van der Waals surface area contributed by atoms with Gasteiger partial charge in [0.05, 0.1) is 18.3 Å². The van der Waals surface area contributed by atoms with E-state index in [2.05, 4.69) is 26.3 Å². The van der Waals surface area contributed by atoms with Crippen LogP contribution in [-0.4, -0.2) is 29.2 Å². The number of likely N-dealkylation sites (N-methyl/N-ethyl adjacent to an activating group) is 1. The molecule has 0 radical (unpaired) electrons. The molecule has 0 aliphatic heterocycles. The first kappa shape index (κ1) is 10.4. The zero-order valence-corrected chi connectivity index (χ0v) is 9.26. The van der Waals surface area contributed by atoms with Crippen LogP contribution in [0.25, 0.3) is 0 Å². The molecule has 0 amide bonds. The first-order chi connectivity index (χ1) is 6.20. The van der Waals surface area contributed by atoms with Crippen molar-refractivity contribution in [1.29, 1.82) is 0 Å². The number of aromatic nitrogens is 2. The minimum atomic E-state index is 0.0501. The lowest BCUT2D eigenvalue weighted by Crippen LogP contribution is -2.18. The summed E-state index contributed by atoms with van der Waals surface area (Å²) in [7, 11) is 1.75. The summed E-state index contributed by atoms with van der Waals surface area (Å²) in [6.07, 6.45) is 1.59. The van der Waals surface area contributed by atoms with E-state index in [0.717, 1.165) is 11.1 Å². The fourth-order valence-electron chi connectivity index (χ4n) is 1.03. The lowest BCUT2D eigenvalue weighted by molar-refractivity contribution is 0.0992. The highest BCUT2D eigenvalue weighted by molar-refractivity contribution is 9.10. The molecule has 1 aromatic rings. The Morgan fingerprint density at radius 1 is 1.77 bits per heavy atom. The molecule has 0 unspecified atom stereocenters. The van der Waals surface area contributed by atoms with Gasteiger partial charge in [0, 0.05) is 6.54 Å². The van der Waals surface area contributed by atoms with E-state index < -0.39 is 0 Å². The van der Waals surface area contributed by atoms with Crippen LogP contribution in [-0.2, 0) is 6.54 Å². The molecule has 0 aliphatic rings. The van der Waals surface area contributed by atoms with Gasteiger partial charge in [0.2, 0.25) is 0 Å². The van der Waals surface area contributed by atoms with Gasteiger partial charge in [-0.1, -0.05) is 0 Å². The van der Waals surface area contributed by atoms with Crippen LogP contribution in [0.2, 0.25) is 0 Å². The van der Waals surface area contributed by atoms with E-state index >= 15 is 0 Å². The van der Waals surface area contributed by atoms with Crippen LogP contribution in [0, 0.1) is 0 Å². The Balaban J connectivity index is 2.89. The van der Waals surface area contributed by atoms with Gasteiger partial charge in [-0.25, -0.2) is 0 Å². The van der Waals surface area contributed by atoms with Crippen LogP contribution in [0.1, 0.15) is 17.3 Å². The molecule has 1 heterocycles. The Morgan fingerprint density at radius 2 is 2.46 bits per heavy atom. The minimum Gasteiger partial charge on any atom is -0.313 e. The second-order valence-corrected chi connectivity index (χ2v) is 3.37. The summed E-state index contributed by atoms with van der Waals surface area (Å²) in [5, 5.41) is 6.87. The van der Waals surface area contributed by atoms with Crippen molar-refractivity contribution in [1.82, 2.24) is 15.1 Å². The van der Waals surface area contributed by atoms with E-state index in [1.165, 1.54) is 0 Å². The van der Waals surface area contributed by atoms with Gasteiger partial charge >= 0.3 is 0 Å². The number of ketones is 1. The van der Waals surface area contributed by atoms with E-state index in [1.807, 2.05) is 6.92 Å². The Morgan fingerprint density at radius 3 is 2.92 bits per heavy atom. The van der Waals surface area contributed by atoms with Gasteiger partial charge in [-0.05, 0) is 29.9 Å². The lowest BCUT2D eigenvalue weighted by Gasteiger charge is -1.99. The Labute approximate surface area is 85.4 Å². The number of halogens is 1. The van der Waals surface area contributed by atoms with Crippen molar-refractivity contribution in [2.45, 2.75) is 13.5 Å². The molecule has 1 aromatic heterocycles. The van der Waals surface area contributed by atoms with Crippen molar-refractivity contribution < 1.29 is 4.79 Å². The molecule has 0 aliphatic carbocycles. The monoisotopic (exact) mass is 245 g/mol. The predicted octanol–water partition coefficient (Wildman–Crippen LogP) is 1.07. The molecular weight excluding hydrogens is 234 g/mol. The van der Waals surface area contributed by atoms with Gasteiger partial charge in [0.15, 0.2) is 5.78 Å². The van der Waals surface area contributed by atoms with E-state index in [1.54, 1.807) is 17.9 Å². The van der Waals surface area contributed by atoms with Gasteiger partial charge in [-0.2, -0.15) is 5.10 Å². The lowest BCUT2D eigenvalue weighted by atomic mass is 10.2. The largest absolute Gasteiger partial charge is 0.313 e. The summed E-state index contributed by atoms with van der Waals surface area (Å²) in [4.78, 5) is 11.4. The molecule has 4 nitrogen and oxygen atoms in total. The van der Waals surface area contributed by atoms with Crippen LogP contribution >= 0.6 is 15.9 Å². The second kappa shape index (κ2) is 4.53. The molecule has 0 atom stereocenters. The van der Waals surface area contributed by atoms with Crippen molar-refractivity contribution in [3.8, 4) is 0 Å². The van der Waals surface area contributed by atoms with Gasteiger partial charge in [0.25, 0.3) is 0 Å². The second-order valence-electron chi connectivity index (χ2n) is 2.62. The Hall–Kier alpha value is -0.680. The standard InChI is InChI=1S/C8H12BrN3O/c1-3-12-8(9)6(4-11-12)7(13)5-10-2/h4,10H,3,5H2,1-2H3. The van der Waals surface area contributed by atoms with Crippen molar-refractivity contribution in [2.24, 2.45) is 0 Å². The maximum absolute atomic E-state index is 11.4. The van der Waals surface area contributed by atoms with Crippen molar-refractivity contribution in [3.63, 3.8) is 0 Å². The van der Waals surface area contributed by atoms with Crippen LogP contribution in [0.5, 0.6) is 0 Å². The first-order valence-corrected chi connectivity index (χ1v) is 4.89. The maximum atomic E-state index is 11.4. The quantitative estimate of drug-likeness (QED) is 0.808. The fourth-order valence-corrected chi connectivity index (χ4v) is 1.70. The average molecular weight is 246 g/mol. The molecule has 0 bridgehead atoms. The molecule has 0 saturated heterocycles. The number of nitrogens with zero attached hydrogens (tertiary/aromatic N) is 2. The number of aryl methyl sites for hydroxylation is 1. The molecule has 1 N–H and O–H groups in total. The highest BCUT2D eigenvalue weighted by Crippen LogP contribution is 2.16. The van der Waals surface area contributed by atoms with Crippen molar-refractivity contribution in [2.75, 3.05) is 13.6 Å². The molecule has 1 rings (SSSR count). The molecule has 5 heteroatoms. The number of Topliss-reactive ketones (excluding diaryl/α,β-unsaturated/α-hetero) is 1. The summed E-state index contributed by atoms with van der Waals surface area (Å²) < 4.78 is 2.50. The number of carbonyl (C=O) groups is 1. The minimum absolute atomic E-state index is 0.0501. The highest BCUT2D eigenvalue weighted by atomic mass is 79.9. The average Bonchev–Trinajstić information content (AvgIpc) is 2.47. The van der Waals surface area contributed by atoms with Crippen LogP contribution in [0.3, 0.4) is 0 Å². The molecule has 0 spiro atoms. The van der Waals surface area contributed by atoms with Gasteiger partial charge < -0.3 is 5.32 Å². The predicted molar refractivity (Wildman–Crippen MR) is 53.9 cm³/mol. The topological polar surface area (TPSA) is 46.9 Å². The normalized spacial score (nSPS) is 10.4. The van der Waals surface area contributed by atoms with Crippen molar-refractivity contribution >= 4 is 21.7 Å². The summed E-state index contributed by atoms with van der Waals surface area (Å²) in [5.41, 5.74) is 0.635. The number of carbonyl (C=O) groups excluding carboxylic acids is 1. The SMILES string of the molecule is CCn1ncc(C(=O)CNC)c1Br. The van der Waals surface area contributed by atoms with E-state index in [0.29, 0.717) is 12.1 Å².